The van der Waals surface area contributed by atoms with Crippen molar-refractivity contribution in [2.45, 2.75) is 46.0 Å². The van der Waals surface area contributed by atoms with Crippen molar-refractivity contribution in [2.24, 2.45) is 5.92 Å². The summed E-state index contributed by atoms with van der Waals surface area (Å²) >= 11 is 0. The van der Waals surface area contributed by atoms with Crippen LogP contribution in [0.3, 0.4) is 0 Å². The minimum absolute atomic E-state index is 0.245. The van der Waals surface area contributed by atoms with Crippen LogP contribution in [0.1, 0.15) is 50.9 Å². The van der Waals surface area contributed by atoms with E-state index in [1.807, 2.05) is 17.0 Å². The van der Waals surface area contributed by atoms with Gasteiger partial charge in [-0.25, -0.2) is 4.98 Å². The molecule has 1 unspecified atom stereocenters. The lowest BCUT2D eigenvalue weighted by atomic mass is 9.99. The molecular weight excluding hydrogens is 274 g/mol. The molecule has 1 atom stereocenters. The first-order valence-electron chi connectivity index (χ1n) is 8.29. The summed E-state index contributed by atoms with van der Waals surface area (Å²) in [6.07, 6.45) is 2.85. The molecule has 2 aromatic rings. The van der Waals surface area contributed by atoms with Crippen molar-refractivity contribution in [3.63, 3.8) is 0 Å². The number of amides is 1. The quantitative estimate of drug-likeness (QED) is 0.943. The Balaban J connectivity index is 1.74. The minimum Gasteiger partial charge on any atom is -0.342 e. The minimum atomic E-state index is 0.245. The first-order valence-corrected chi connectivity index (χ1v) is 8.29. The number of hydrogen-bond donors (Lipinski definition) is 1. The molecule has 4 heteroatoms. The van der Waals surface area contributed by atoms with Crippen LogP contribution >= 0.6 is 0 Å². The lowest BCUT2D eigenvalue weighted by Gasteiger charge is -2.31. The summed E-state index contributed by atoms with van der Waals surface area (Å²) in [5, 5.41) is 0. The molecule has 118 valence electrons. The predicted octanol–water partition coefficient (Wildman–Crippen LogP) is 3.49. The van der Waals surface area contributed by atoms with Gasteiger partial charge in [0.2, 0.25) is 5.91 Å². The first-order chi connectivity index (χ1) is 10.5. The molecule has 0 spiro atoms. The number of benzene rings is 1. The van der Waals surface area contributed by atoms with Crippen molar-refractivity contribution in [2.75, 3.05) is 13.1 Å². The Labute approximate surface area is 131 Å². The third kappa shape index (κ3) is 3.16. The third-order valence-electron chi connectivity index (χ3n) is 4.48. The number of hydrogen-bond acceptors (Lipinski definition) is 2. The van der Waals surface area contributed by atoms with Crippen molar-refractivity contribution < 1.29 is 4.79 Å². The van der Waals surface area contributed by atoms with Crippen LogP contribution in [0.4, 0.5) is 0 Å². The summed E-state index contributed by atoms with van der Waals surface area (Å²) in [5.41, 5.74) is 3.07. The zero-order valence-electron chi connectivity index (χ0n) is 13.7. The number of nitrogens with zero attached hydrogens (tertiary/aromatic N) is 2. The van der Waals surface area contributed by atoms with Gasteiger partial charge < -0.3 is 9.88 Å². The molecule has 1 aliphatic heterocycles. The van der Waals surface area contributed by atoms with Crippen LogP contribution < -0.4 is 0 Å². The highest BCUT2D eigenvalue weighted by molar-refractivity contribution is 5.82. The number of H-pyrrole nitrogens is 1. The lowest BCUT2D eigenvalue weighted by Crippen LogP contribution is -2.39. The Morgan fingerprint density at radius 3 is 3.00 bits per heavy atom. The second-order valence-corrected chi connectivity index (χ2v) is 6.89. The first kappa shape index (κ1) is 15.1. The molecule has 1 fully saturated rings. The van der Waals surface area contributed by atoms with Crippen LogP contribution in [-0.2, 0) is 11.2 Å². The Bertz CT molecular complexity index is 674. The summed E-state index contributed by atoms with van der Waals surface area (Å²) in [5.74, 6) is 2.26. The van der Waals surface area contributed by atoms with Gasteiger partial charge in [-0.05, 0) is 36.5 Å². The number of rotatable bonds is 3. The number of aromatic nitrogens is 2. The van der Waals surface area contributed by atoms with Crippen molar-refractivity contribution in [1.29, 1.82) is 0 Å². The summed E-state index contributed by atoms with van der Waals surface area (Å²) in [4.78, 5) is 22.4. The van der Waals surface area contributed by atoms with Gasteiger partial charge in [0.05, 0.1) is 17.5 Å². The molecule has 1 aliphatic rings. The molecule has 1 N–H and O–H groups in total. The number of nitrogens with one attached hydrogen (secondary N) is 1. The fourth-order valence-electron chi connectivity index (χ4n) is 3.16. The van der Waals surface area contributed by atoms with E-state index < -0.39 is 0 Å². The van der Waals surface area contributed by atoms with E-state index in [-0.39, 0.29) is 5.91 Å². The summed E-state index contributed by atoms with van der Waals surface area (Å²) in [7, 11) is 0. The highest BCUT2D eigenvalue weighted by atomic mass is 16.2. The number of piperidine rings is 1. The number of aromatic amines is 1. The van der Waals surface area contributed by atoms with Gasteiger partial charge in [-0.3, -0.25) is 4.79 Å². The SMILES string of the molecule is CC1CCCN(C(=O)Cc2ccc3nc(C(C)C)[nH]c3c2)C1. The zero-order chi connectivity index (χ0) is 15.7. The summed E-state index contributed by atoms with van der Waals surface area (Å²) in [6, 6.07) is 6.11. The van der Waals surface area contributed by atoms with Crippen molar-refractivity contribution >= 4 is 16.9 Å². The number of imidazole rings is 1. The van der Waals surface area contributed by atoms with Crippen molar-refractivity contribution in [3.8, 4) is 0 Å². The molecule has 1 amide bonds. The average molecular weight is 299 g/mol. The molecule has 0 bridgehead atoms. The van der Waals surface area contributed by atoms with Crippen LogP contribution in [0, 0.1) is 5.92 Å². The summed E-state index contributed by atoms with van der Waals surface area (Å²) < 4.78 is 0. The Morgan fingerprint density at radius 1 is 1.45 bits per heavy atom. The standard InChI is InChI=1S/C18H25N3O/c1-12(2)18-19-15-7-6-14(9-16(15)20-18)10-17(22)21-8-4-5-13(3)11-21/h6-7,9,12-13H,4-5,8,10-11H2,1-3H3,(H,19,20). The number of likely N-dealkylation sites (tertiary alicyclic amines) is 1. The highest BCUT2D eigenvalue weighted by Gasteiger charge is 2.21. The van der Waals surface area contributed by atoms with Crippen LogP contribution in [0.5, 0.6) is 0 Å². The van der Waals surface area contributed by atoms with E-state index in [0.717, 1.165) is 41.9 Å². The lowest BCUT2D eigenvalue weighted by molar-refractivity contribution is -0.132. The molecule has 0 saturated carbocycles. The number of carbonyl (C=O) groups excluding carboxylic acids is 1. The highest BCUT2D eigenvalue weighted by Crippen LogP contribution is 2.20. The molecule has 3 rings (SSSR count). The fraction of sp³-hybridized carbons (Fsp3) is 0.556. The Kier molecular flexibility index (Phi) is 4.19. The van der Waals surface area contributed by atoms with E-state index in [2.05, 4.69) is 36.8 Å². The third-order valence-corrected chi connectivity index (χ3v) is 4.48. The predicted molar refractivity (Wildman–Crippen MR) is 88.9 cm³/mol. The number of fused-ring (bicyclic) bond motifs is 1. The van der Waals surface area contributed by atoms with Gasteiger partial charge in [-0.1, -0.05) is 26.8 Å². The van der Waals surface area contributed by atoms with Crippen molar-refractivity contribution in [1.82, 2.24) is 14.9 Å². The normalized spacial score (nSPS) is 19.1. The van der Waals surface area contributed by atoms with Gasteiger partial charge in [-0.15, -0.1) is 0 Å². The molecule has 1 aromatic heterocycles. The van der Waals surface area contributed by atoms with E-state index in [1.165, 1.54) is 6.42 Å². The monoisotopic (exact) mass is 299 g/mol. The molecule has 22 heavy (non-hydrogen) atoms. The van der Waals surface area contributed by atoms with E-state index in [0.29, 0.717) is 18.3 Å². The maximum atomic E-state index is 12.5. The molecule has 2 heterocycles. The topological polar surface area (TPSA) is 49.0 Å². The molecular formula is C18H25N3O. The van der Waals surface area contributed by atoms with E-state index in [9.17, 15) is 4.79 Å². The molecule has 1 saturated heterocycles. The van der Waals surface area contributed by atoms with E-state index >= 15 is 0 Å². The average Bonchev–Trinajstić information content (AvgIpc) is 2.90. The van der Waals surface area contributed by atoms with Gasteiger partial charge in [-0.2, -0.15) is 0 Å². The van der Waals surface area contributed by atoms with Crippen LogP contribution in [0.2, 0.25) is 0 Å². The Morgan fingerprint density at radius 2 is 2.27 bits per heavy atom. The Hall–Kier alpha value is -1.84. The summed E-state index contributed by atoms with van der Waals surface area (Å²) in [6.45, 7) is 8.29. The van der Waals surface area contributed by atoms with Crippen molar-refractivity contribution in [3.05, 3.63) is 29.6 Å². The van der Waals surface area contributed by atoms with E-state index in [4.69, 9.17) is 0 Å². The van der Waals surface area contributed by atoms with Gasteiger partial charge in [0.25, 0.3) is 0 Å². The van der Waals surface area contributed by atoms with Crippen LogP contribution in [-0.4, -0.2) is 33.9 Å². The maximum absolute atomic E-state index is 12.5. The maximum Gasteiger partial charge on any atom is 0.226 e. The zero-order valence-corrected chi connectivity index (χ0v) is 13.7. The second-order valence-electron chi connectivity index (χ2n) is 6.89. The molecule has 4 nitrogen and oxygen atoms in total. The van der Waals surface area contributed by atoms with Gasteiger partial charge in [0, 0.05) is 19.0 Å². The number of carbonyl (C=O) groups is 1. The molecule has 1 aromatic carbocycles. The van der Waals surface area contributed by atoms with Gasteiger partial charge in [0.15, 0.2) is 0 Å². The fourth-order valence-corrected chi connectivity index (χ4v) is 3.16. The van der Waals surface area contributed by atoms with Gasteiger partial charge >= 0.3 is 0 Å². The molecule has 0 radical (unpaired) electrons. The van der Waals surface area contributed by atoms with Gasteiger partial charge in [0.1, 0.15) is 5.82 Å². The van der Waals surface area contributed by atoms with Crippen LogP contribution in [0.15, 0.2) is 18.2 Å². The van der Waals surface area contributed by atoms with E-state index in [1.54, 1.807) is 0 Å². The largest absolute Gasteiger partial charge is 0.342 e. The second kappa shape index (κ2) is 6.11. The van der Waals surface area contributed by atoms with Crippen LogP contribution in [0.25, 0.3) is 11.0 Å². The molecule has 0 aliphatic carbocycles. The smallest absolute Gasteiger partial charge is 0.226 e.